The van der Waals surface area contributed by atoms with Crippen molar-refractivity contribution in [1.29, 1.82) is 0 Å². The second kappa shape index (κ2) is 10.6. The highest BCUT2D eigenvalue weighted by atomic mass is 16.5. The van der Waals surface area contributed by atoms with Crippen LogP contribution < -0.4 is 5.32 Å². The van der Waals surface area contributed by atoms with Gasteiger partial charge in [0.05, 0.1) is 0 Å². The van der Waals surface area contributed by atoms with Gasteiger partial charge in [-0.15, -0.1) is 0 Å². The molecule has 2 saturated heterocycles. The molecule has 0 aliphatic carbocycles. The Morgan fingerprint density at radius 3 is 2.52 bits per heavy atom. The number of piperazine rings is 1. The normalized spacial score (nSPS) is 23.0. The predicted octanol–water partition coefficient (Wildman–Crippen LogP) is 2.10. The molecule has 0 radical (unpaired) electrons. The minimum atomic E-state index is -0.201. The second-order valence-electron chi connectivity index (χ2n) is 7.16. The summed E-state index contributed by atoms with van der Waals surface area (Å²) in [5, 5.41) is 3.55. The van der Waals surface area contributed by atoms with Crippen molar-refractivity contribution in [2.24, 2.45) is 10.9 Å². The van der Waals surface area contributed by atoms with Crippen molar-refractivity contribution in [3.63, 3.8) is 0 Å². The Hall–Kier alpha value is -1.30. The molecule has 2 aliphatic rings. The first-order valence-corrected chi connectivity index (χ1v) is 10.1. The molecule has 1 amide bonds. The Morgan fingerprint density at radius 1 is 1.24 bits per heavy atom. The van der Waals surface area contributed by atoms with Crippen LogP contribution >= 0.6 is 0 Å². The van der Waals surface area contributed by atoms with Crippen molar-refractivity contribution in [2.75, 3.05) is 46.4 Å². The van der Waals surface area contributed by atoms with E-state index < -0.39 is 0 Å². The Bertz CT molecular complexity index is 427. The molecule has 0 aromatic rings. The average molecular weight is 353 g/mol. The van der Waals surface area contributed by atoms with Crippen LogP contribution in [0, 0.1) is 5.92 Å². The van der Waals surface area contributed by atoms with Crippen LogP contribution in [0.5, 0.6) is 0 Å². The van der Waals surface area contributed by atoms with Gasteiger partial charge in [0.25, 0.3) is 5.91 Å². The molecular weight excluding hydrogens is 316 g/mol. The zero-order chi connectivity index (χ0) is 18.1. The van der Waals surface area contributed by atoms with Gasteiger partial charge in [-0.05, 0) is 25.2 Å². The molecule has 2 rings (SSSR count). The third-order valence-corrected chi connectivity index (χ3v) is 5.40. The fourth-order valence-electron chi connectivity index (χ4n) is 3.63. The summed E-state index contributed by atoms with van der Waals surface area (Å²) in [4.78, 5) is 21.1. The zero-order valence-corrected chi connectivity index (χ0v) is 16.3. The van der Waals surface area contributed by atoms with E-state index in [1.165, 1.54) is 25.7 Å². The van der Waals surface area contributed by atoms with E-state index in [0.717, 1.165) is 58.1 Å². The van der Waals surface area contributed by atoms with Gasteiger partial charge in [0.2, 0.25) is 0 Å². The first kappa shape index (κ1) is 20.0. The predicted molar refractivity (Wildman–Crippen MR) is 102 cm³/mol. The molecule has 2 aliphatic heterocycles. The SMILES string of the molecule is CCCCC(CC)CNC(=NC)N1CCN(C(=O)C2CCCO2)CC1. The summed E-state index contributed by atoms with van der Waals surface area (Å²) in [7, 11) is 1.85. The molecule has 144 valence electrons. The number of carbonyl (C=O) groups is 1. The van der Waals surface area contributed by atoms with Crippen molar-refractivity contribution in [3.05, 3.63) is 0 Å². The lowest BCUT2D eigenvalue weighted by Gasteiger charge is -2.37. The highest BCUT2D eigenvalue weighted by Gasteiger charge is 2.30. The maximum absolute atomic E-state index is 12.4. The zero-order valence-electron chi connectivity index (χ0n) is 16.3. The van der Waals surface area contributed by atoms with E-state index in [-0.39, 0.29) is 12.0 Å². The molecule has 1 N–H and O–H groups in total. The number of nitrogens with one attached hydrogen (secondary N) is 1. The largest absolute Gasteiger partial charge is 0.368 e. The molecule has 0 aromatic carbocycles. The van der Waals surface area contributed by atoms with E-state index in [2.05, 4.69) is 29.1 Å². The highest BCUT2D eigenvalue weighted by Crippen LogP contribution is 2.16. The number of unbranched alkanes of at least 4 members (excludes halogenated alkanes) is 1. The van der Waals surface area contributed by atoms with E-state index in [4.69, 9.17) is 4.74 Å². The van der Waals surface area contributed by atoms with Gasteiger partial charge in [0.1, 0.15) is 6.10 Å². The lowest BCUT2D eigenvalue weighted by molar-refractivity contribution is -0.142. The van der Waals surface area contributed by atoms with E-state index in [1.807, 2.05) is 11.9 Å². The number of amides is 1. The maximum Gasteiger partial charge on any atom is 0.251 e. The standard InChI is InChI=1S/C19H36N4O2/c1-4-6-8-16(5-2)15-21-19(20-3)23-12-10-22(11-13-23)18(24)17-9-7-14-25-17/h16-17H,4-15H2,1-3H3,(H,20,21). The summed E-state index contributed by atoms with van der Waals surface area (Å²) in [6.07, 6.45) is 6.71. The summed E-state index contributed by atoms with van der Waals surface area (Å²) in [5.74, 6) is 1.85. The van der Waals surface area contributed by atoms with Crippen LogP contribution in [-0.2, 0) is 9.53 Å². The fourth-order valence-corrected chi connectivity index (χ4v) is 3.63. The number of rotatable bonds is 7. The minimum Gasteiger partial charge on any atom is -0.368 e. The first-order valence-electron chi connectivity index (χ1n) is 10.1. The van der Waals surface area contributed by atoms with Gasteiger partial charge in [-0.3, -0.25) is 9.79 Å². The summed E-state index contributed by atoms with van der Waals surface area (Å²) in [6, 6.07) is 0. The summed E-state index contributed by atoms with van der Waals surface area (Å²) in [5.41, 5.74) is 0. The quantitative estimate of drug-likeness (QED) is 0.563. The molecule has 2 heterocycles. The Morgan fingerprint density at radius 2 is 1.96 bits per heavy atom. The van der Waals surface area contributed by atoms with Crippen LogP contribution in [0.4, 0.5) is 0 Å². The van der Waals surface area contributed by atoms with E-state index in [9.17, 15) is 4.79 Å². The van der Waals surface area contributed by atoms with Crippen molar-refractivity contribution in [1.82, 2.24) is 15.1 Å². The highest BCUT2D eigenvalue weighted by molar-refractivity contribution is 5.82. The third kappa shape index (κ3) is 5.87. The van der Waals surface area contributed by atoms with Crippen LogP contribution in [0.2, 0.25) is 0 Å². The summed E-state index contributed by atoms with van der Waals surface area (Å²) >= 11 is 0. The number of carbonyl (C=O) groups excluding carboxylic acids is 1. The first-order chi connectivity index (χ1) is 12.2. The molecule has 2 atom stereocenters. The number of guanidine groups is 1. The third-order valence-electron chi connectivity index (χ3n) is 5.40. The number of nitrogens with zero attached hydrogens (tertiary/aromatic N) is 3. The van der Waals surface area contributed by atoms with Crippen molar-refractivity contribution in [2.45, 2.75) is 58.5 Å². The molecular formula is C19H36N4O2. The lowest BCUT2D eigenvalue weighted by Crippen LogP contribution is -2.55. The van der Waals surface area contributed by atoms with Crippen molar-refractivity contribution < 1.29 is 9.53 Å². The summed E-state index contributed by atoms with van der Waals surface area (Å²) < 4.78 is 5.53. The Balaban J connectivity index is 1.76. The molecule has 2 unspecified atom stereocenters. The lowest BCUT2D eigenvalue weighted by atomic mass is 9.99. The molecule has 0 spiro atoms. The van der Waals surface area contributed by atoms with Gasteiger partial charge in [-0.1, -0.05) is 33.1 Å². The van der Waals surface area contributed by atoms with E-state index in [1.54, 1.807) is 0 Å². The van der Waals surface area contributed by atoms with Crippen molar-refractivity contribution >= 4 is 11.9 Å². The smallest absolute Gasteiger partial charge is 0.251 e. The van der Waals surface area contributed by atoms with Crippen molar-refractivity contribution in [3.8, 4) is 0 Å². The number of hydrogen-bond acceptors (Lipinski definition) is 3. The molecule has 6 heteroatoms. The van der Waals surface area contributed by atoms with Crippen LogP contribution in [0.1, 0.15) is 52.4 Å². The van der Waals surface area contributed by atoms with Gasteiger partial charge in [-0.2, -0.15) is 0 Å². The second-order valence-corrected chi connectivity index (χ2v) is 7.16. The minimum absolute atomic E-state index is 0.172. The molecule has 0 bridgehead atoms. The Kier molecular flexibility index (Phi) is 8.52. The summed E-state index contributed by atoms with van der Waals surface area (Å²) in [6.45, 7) is 9.41. The number of aliphatic imine (C=N–C) groups is 1. The van der Waals surface area contributed by atoms with Crippen LogP contribution in [-0.4, -0.2) is 74.1 Å². The van der Waals surface area contributed by atoms with Crippen LogP contribution in [0.3, 0.4) is 0 Å². The number of ether oxygens (including phenoxy) is 1. The fraction of sp³-hybridized carbons (Fsp3) is 0.895. The molecule has 0 aromatic heterocycles. The number of hydrogen-bond donors (Lipinski definition) is 1. The molecule has 0 saturated carbocycles. The molecule has 25 heavy (non-hydrogen) atoms. The van der Waals surface area contributed by atoms with Crippen LogP contribution in [0.15, 0.2) is 4.99 Å². The van der Waals surface area contributed by atoms with Crippen LogP contribution in [0.25, 0.3) is 0 Å². The molecule has 2 fully saturated rings. The monoisotopic (exact) mass is 352 g/mol. The van der Waals surface area contributed by atoms with E-state index in [0.29, 0.717) is 5.92 Å². The molecule has 6 nitrogen and oxygen atoms in total. The maximum atomic E-state index is 12.4. The van der Waals surface area contributed by atoms with Gasteiger partial charge >= 0.3 is 0 Å². The average Bonchev–Trinajstić information content (AvgIpc) is 3.19. The van der Waals surface area contributed by atoms with Gasteiger partial charge in [0, 0.05) is 46.4 Å². The topological polar surface area (TPSA) is 57.2 Å². The van der Waals surface area contributed by atoms with Gasteiger partial charge < -0.3 is 19.9 Å². The van der Waals surface area contributed by atoms with Gasteiger partial charge in [-0.25, -0.2) is 0 Å². The van der Waals surface area contributed by atoms with Gasteiger partial charge in [0.15, 0.2) is 5.96 Å². The van der Waals surface area contributed by atoms with E-state index >= 15 is 0 Å². The Labute approximate surface area is 153 Å².